The van der Waals surface area contributed by atoms with Gasteiger partial charge in [0.15, 0.2) is 5.75 Å². The first-order chi connectivity index (χ1) is 8.11. The molecule has 0 spiro atoms. The van der Waals surface area contributed by atoms with Gasteiger partial charge in [0.05, 0.1) is 17.8 Å². The van der Waals surface area contributed by atoms with E-state index in [-0.39, 0.29) is 29.5 Å². The maximum absolute atomic E-state index is 12.1. The number of nitrogens with two attached hydrogens (primary N) is 1. The summed E-state index contributed by atoms with van der Waals surface area (Å²) in [5, 5.41) is 9.73. The summed E-state index contributed by atoms with van der Waals surface area (Å²) in [5.74, 6) is 1.95. The Morgan fingerprint density at radius 1 is 1.59 bits per heavy atom. The summed E-state index contributed by atoms with van der Waals surface area (Å²) in [6, 6.07) is 4.70. The van der Waals surface area contributed by atoms with E-state index < -0.39 is 0 Å². The fourth-order valence-electron chi connectivity index (χ4n) is 1.54. The first-order valence-corrected chi connectivity index (χ1v) is 5.42. The number of para-hydroxylation sites is 1. The monoisotopic (exact) mass is 232 g/mol. The topological polar surface area (TPSA) is 66.6 Å². The summed E-state index contributed by atoms with van der Waals surface area (Å²) in [4.78, 5) is 13.6. The van der Waals surface area contributed by atoms with Crippen molar-refractivity contribution in [2.45, 2.75) is 13.3 Å². The lowest BCUT2D eigenvalue weighted by Gasteiger charge is -2.20. The Bertz CT molecular complexity index is 449. The molecule has 90 valence electrons. The third-order valence-electron chi connectivity index (χ3n) is 2.36. The number of anilines is 1. The highest BCUT2D eigenvalue weighted by Gasteiger charge is 2.18. The van der Waals surface area contributed by atoms with E-state index in [1.165, 1.54) is 17.0 Å². The maximum atomic E-state index is 12.1. The van der Waals surface area contributed by atoms with Gasteiger partial charge in [-0.3, -0.25) is 4.79 Å². The zero-order chi connectivity index (χ0) is 12.8. The van der Waals surface area contributed by atoms with Crippen LogP contribution in [0.2, 0.25) is 0 Å². The van der Waals surface area contributed by atoms with Crippen molar-refractivity contribution in [3.05, 3.63) is 23.8 Å². The first-order valence-electron chi connectivity index (χ1n) is 5.42. The lowest BCUT2D eigenvalue weighted by molar-refractivity contribution is 0.0774. The Labute approximate surface area is 101 Å². The Balaban J connectivity index is 3.01. The average Bonchev–Trinajstić information content (AvgIpc) is 2.31. The van der Waals surface area contributed by atoms with E-state index >= 15 is 0 Å². The number of terminal acetylenes is 1. The highest BCUT2D eigenvalue weighted by atomic mass is 16.3. The number of hydrogen-bond donors (Lipinski definition) is 2. The van der Waals surface area contributed by atoms with Crippen LogP contribution in [0.5, 0.6) is 5.75 Å². The molecule has 0 saturated heterocycles. The number of aromatic hydroxyl groups is 1. The van der Waals surface area contributed by atoms with Crippen LogP contribution < -0.4 is 5.73 Å². The van der Waals surface area contributed by atoms with Crippen molar-refractivity contribution in [3.8, 4) is 18.1 Å². The minimum atomic E-state index is -0.297. The molecule has 0 fully saturated rings. The Morgan fingerprint density at radius 2 is 2.29 bits per heavy atom. The minimum Gasteiger partial charge on any atom is -0.505 e. The molecule has 0 saturated carbocycles. The van der Waals surface area contributed by atoms with Crippen LogP contribution in [0.25, 0.3) is 0 Å². The standard InChI is InChI=1S/C13H16N2O2/c1-3-8-15(9-4-2)13(17)10-6-5-7-11(14)12(10)16/h1,5-7,16H,4,8-9,14H2,2H3. The molecule has 17 heavy (non-hydrogen) atoms. The average molecular weight is 232 g/mol. The van der Waals surface area contributed by atoms with Crippen molar-refractivity contribution in [2.24, 2.45) is 0 Å². The minimum absolute atomic E-state index is 0.185. The highest BCUT2D eigenvalue weighted by molar-refractivity contribution is 5.98. The normalized spacial score (nSPS) is 9.65. The molecule has 0 radical (unpaired) electrons. The molecule has 0 aromatic heterocycles. The van der Waals surface area contributed by atoms with Gasteiger partial charge in [-0.15, -0.1) is 6.42 Å². The Morgan fingerprint density at radius 3 is 2.88 bits per heavy atom. The molecule has 0 atom stereocenters. The molecule has 1 amide bonds. The quantitative estimate of drug-likeness (QED) is 0.469. The molecule has 1 aromatic rings. The number of benzene rings is 1. The van der Waals surface area contributed by atoms with Crippen molar-refractivity contribution >= 4 is 11.6 Å². The van der Waals surface area contributed by atoms with Gasteiger partial charge in [-0.05, 0) is 18.6 Å². The predicted octanol–water partition coefficient (Wildman–Crippen LogP) is 1.46. The van der Waals surface area contributed by atoms with Gasteiger partial charge in [0, 0.05) is 6.54 Å². The number of rotatable bonds is 4. The molecular weight excluding hydrogens is 216 g/mol. The first kappa shape index (κ1) is 12.9. The molecule has 4 nitrogen and oxygen atoms in total. The van der Waals surface area contributed by atoms with E-state index in [2.05, 4.69) is 5.92 Å². The Kier molecular flexibility index (Phi) is 4.41. The zero-order valence-corrected chi connectivity index (χ0v) is 9.81. The van der Waals surface area contributed by atoms with E-state index in [4.69, 9.17) is 12.2 Å². The molecular formula is C13H16N2O2. The van der Waals surface area contributed by atoms with Crippen molar-refractivity contribution in [3.63, 3.8) is 0 Å². The van der Waals surface area contributed by atoms with Crippen molar-refractivity contribution in [1.29, 1.82) is 0 Å². The van der Waals surface area contributed by atoms with Crippen LogP contribution in [0, 0.1) is 12.3 Å². The van der Waals surface area contributed by atoms with Crippen LogP contribution in [-0.4, -0.2) is 29.0 Å². The van der Waals surface area contributed by atoms with Gasteiger partial charge in [0.1, 0.15) is 0 Å². The van der Waals surface area contributed by atoms with Crippen LogP contribution in [0.15, 0.2) is 18.2 Å². The molecule has 3 N–H and O–H groups in total. The third kappa shape index (κ3) is 2.91. The summed E-state index contributed by atoms with van der Waals surface area (Å²) in [5.41, 5.74) is 5.92. The molecule has 0 aliphatic carbocycles. The Hall–Kier alpha value is -2.15. The largest absolute Gasteiger partial charge is 0.505 e. The molecule has 1 rings (SSSR count). The van der Waals surface area contributed by atoms with E-state index in [1.807, 2.05) is 6.92 Å². The van der Waals surface area contributed by atoms with Crippen molar-refractivity contribution in [1.82, 2.24) is 4.90 Å². The van der Waals surface area contributed by atoms with Crippen LogP contribution in [0.4, 0.5) is 5.69 Å². The van der Waals surface area contributed by atoms with Gasteiger partial charge in [0.25, 0.3) is 5.91 Å². The summed E-state index contributed by atoms with van der Waals surface area (Å²) in [7, 11) is 0. The lowest BCUT2D eigenvalue weighted by atomic mass is 10.1. The second kappa shape index (κ2) is 5.80. The van der Waals surface area contributed by atoms with E-state index in [0.717, 1.165) is 6.42 Å². The van der Waals surface area contributed by atoms with Crippen LogP contribution in [0.1, 0.15) is 23.7 Å². The van der Waals surface area contributed by atoms with Gasteiger partial charge < -0.3 is 15.7 Å². The number of phenols is 1. The zero-order valence-electron chi connectivity index (χ0n) is 9.81. The van der Waals surface area contributed by atoms with Gasteiger partial charge in [0.2, 0.25) is 0 Å². The third-order valence-corrected chi connectivity index (χ3v) is 2.36. The van der Waals surface area contributed by atoms with Crippen molar-refractivity contribution in [2.75, 3.05) is 18.8 Å². The second-order valence-electron chi connectivity index (χ2n) is 3.67. The molecule has 4 heteroatoms. The number of nitrogen functional groups attached to an aromatic ring is 1. The number of amides is 1. The molecule has 0 heterocycles. The summed E-state index contributed by atoms with van der Waals surface area (Å²) < 4.78 is 0. The van der Waals surface area contributed by atoms with Gasteiger partial charge in [-0.1, -0.05) is 18.9 Å². The molecule has 0 bridgehead atoms. The number of hydrogen-bond acceptors (Lipinski definition) is 3. The fourth-order valence-corrected chi connectivity index (χ4v) is 1.54. The SMILES string of the molecule is C#CCN(CCC)C(=O)c1cccc(N)c1O. The molecule has 0 aliphatic heterocycles. The summed E-state index contributed by atoms with van der Waals surface area (Å²) in [6.07, 6.45) is 6.01. The van der Waals surface area contributed by atoms with E-state index in [9.17, 15) is 9.90 Å². The predicted molar refractivity (Wildman–Crippen MR) is 67.5 cm³/mol. The summed E-state index contributed by atoms with van der Waals surface area (Å²) >= 11 is 0. The smallest absolute Gasteiger partial charge is 0.258 e. The number of carbonyl (C=O) groups excluding carboxylic acids is 1. The second-order valence-corrected chi connectivity index (χ2v) is 3.67. The molecule has 0 unspecified atom stereocenters. The number of phenolic OH excluding ortho intramolecular Hbond substituents is 1. The van der Waals surface area contributed by atoms with Crippen molar-refractivity contribution < 1.29 is 9.90 Å². The number of carbonyl (C=O) groups is 1. The van der Waals surface area contributed by atoms with E-state index in [1.54, 1.807) is 6.07 Å². The van der Waals surface area contributed by atoms with Crippen LogP contribution in [-0.2, 0) is 0 Å². The number of nitrogens with zero attached hydrogens (tertiary/aromatic N) is 1. The van der Waals surface area contributed by atoms with Crippen LogP contribution >= 0.6 is 0 Å². The fraction of sp³-hybridized carbons (Fsp3) is 0.308. The van der Waals surface area contributed by atoms with Crippen LogP contribution in [0.3, 0.4) is 0 Å². The summed E-state index contributed by atoms with van der Waals surface area (Å²) in [6.45, 7) is 2.73. The van der Waals surface area contributed by atoms with Gasteiger partial charge in [-0.2, -0.15) is 0 Å². The lowest BCUT2D eigenvalue weighted by Crippen LogP contribution is -2.32. The maximum Gasteiger partial charge on any atom is 0.258 e. The highest BCUT2D eigenvalue weighted by Crippen LogP contribution is 2.25. The van der Waals surface area contributed by atoms with Gasteiger partial charge >= 0.3 is 0 Å². The molecule has 1 aromatic carbocycles. The van der Waals surface area contributed by atoms with E-state index in [0.29, 0.717) is 6.54 Å². The van der Waals surface area contributed by atoms with Gasteiger partial charge in [-0.25, -0.2) is 0 Å². The molecule has 0 aliphatic rings.